The number of methoxy groups -OCH3 is 2. The molecule has 0 aliphatic carbocycles. The van der Waals surface area contributed by atoms with Crippen LogP contribution in [0.2, 0.25) is 0 Å². The zero-order chi connectivity index (χ0) is 54.7. The summed E-state index contributed by atoms with van der Waals surface area (Å²) in [5, 5.41) is 11.2. The maximum atomic E-state index is 14.1. The molecule has 7 rings (SSSR count). The molecular formula is C54H56F3N6O12P. The van der Waals surface area contributed by atoms with Gasteiger partial charge in [0.05, 0.1) is 70.7 Å². The summed E-state index contributed by atoms with van der Waals surface area (Å²) in [7, 11) is 0.972. The second-order valence-corrected chi connectivity index (χ2v) is 19.2. The zero-order valence-corrected chi connectivity index (χ0v) is 43.3. The number of aromatic amines is 1. The van der Waals surface area contributed by atoms with Crippen molar-refractivity contribution in [2.45, 2.75) is 82.5 Å². The highest BCUT2D eigenvalue weighted by Crippen LogP contribution is 2.51. The highest BCUT2D eigenvalue weighted by molar-refractivity contribution is 7.44. The number of nitrogens with zero attached hydrogens (tertiary/aromatic N) is 4. The standard InChI is InChI=1S/C54H56F3N6O12P/c1-34(2)63(35(3)4)76(73-30-13-27-58)75-45-44(33-72-53(37-15-8-7-9-16-37,38-19-23-40(69-5)24-20-38)39-21-25-41(70-6)26-22-39)74-50(46(45)71-31-29-61-48(65)42-17-10-11-18-43(42)49(61)66)62-32-36(47(64)60-52(62)68)14-12-28-59-51(67)54(55,56)57/h7-11,15-26,32,34-35,44-46,50H,13,28-31,33H2,1-6H3,(H,59,67)(H,60,64,68)/t44-,45-,46-,50-,76?/m1/s1. The molecule has 400 valence electrons. The van der Waals surface area contributed by atoms with Crippen LogP contribution in [-0.4, -0.2) is 121 Å². The number of fused-ring (bicyclic) bond motifs is 1. The van der Waals surface area contributed by atoms with Gasteiger partial charge in [0.1, 0.15) is 41.0 Å². The van der Waals surface area contributed by atoms with E-state index in [0.717, 1.165) is 15.7 Å². The van der Waals surface area contributed by atoms with Gasteiger partial charge in [0.25, 0.3) is 25.9 Å². The summed E-state index contributed by atoms with van der Waals surface area (Å²) in [6.07, 6.45) is -9.55. The molecule has 2 aliphatic heterocycles. The Morgan fingerprint density at radius 2 is 1.38 bits per heavy atom. The number of nitrogens with one attached hydrogen (secondary N) is 2. The summed E-state index contributed by atoms with van der Waals surface area (Å²) in [6, 6.07) is 32.0. The molecule has 2 N–H and O–H groups in total. The molecule has 2 aliphatic rings. The molecule has 76 heavy (non-hydrogen) atoms. The summed E-state index contributed by atoms with van der Waals surface area (Å²) in [6.45, 7) is 5.95. The predicted octanol–water partition coefficient (Wildman–Crippen LogP) is 6.83. The number of rotatable bonds is 22. The molecule has 1 unspecified atom stereocenters. The van der Waals surface area contributed by atoms with Crippen LogP contribution in [-0.2, 0) is 33.7 Å². The largest absolute Gasteiger partial charge is 0.497 e. The van der Waals surface area contributed by atoms with E-state index in [9.17, 15) is 42.4 Å². The molecule has 0 saturated carbocycles. The van der Waals surface area contributed by atoms with E-state index in [1.54, 1.807) is 55.9 Å². The molecule has 5 aromatic rings. The van der Waals surface area contributed by atoms with Crippen LogP contribution in [0.5, 0.6) is 11.5 Å². The van der Waals surface area contributed by atoms with E-state index < -0.39 is 85.9 Å². The molecule has 5 atom stereocenters. The number of hydrogen-bond acceptors (Lipinski definition) is 14. The van der Waals surface area contributed by atoms with Crippen LogP contribution in [0.3, 0.4) is 0 Å². The lowest BCUT2D eigenvalue weighted by molar-refractivity contribution is -0.173. The Labute approximate surface area is 437 Å². The number of hydrogen-bond donors (Lipinski definition) is 2. The van der Waals surface area contributed by atoms with Crippen LogP contribution in [0.1, 0.15) is 83.3 Å². The number of carbonyl (C=O) groups excluding carboxylic acids is 3. The van der Waals surface area contributed by atoms with Gasteiger partial charge in [-0.05, 0) is 80.8 Å². The van der Waals surface area contributed by atoms with E-state index in [4.69, 9.17) is 32.7 Å². The van der Waals surface area contributed by atoms with E-state index in [0.29, 0.717) is 28.2 Å². The monoisotopic (exact) mass is 1070 g/mol. The number of nitriles is 1. The predicted molar refractivity (Wildman–Crippen MR) is 271 cm³/mol. The molecule has 1 aromatic heterocycles. The minimum Gasteiger partial charge on any atom is -0.497 e. The van der Waals surface area contributed by atoms with E-state index in [1.807, 2.05) is 87.0 Å². The van der Waals surface area contributed by atoms with Crippen LogP contribution in [0.25, 0.3) is 0 Å². The Morgan fingerprint density at radius 1 is 0.816 bits per heavy atom. The molecule has 0 spiro atoms. The number of halogens is 3. The third kappa shape index (κ3) is 12.6. The van der Waals surface area contributed by atoms with Gasteiger partial charge in [-0.1, -0.05) is 78.6 Å². The van der Waals surface area contributed by atoms with Gasteiger partial charge in [-0.25, -0.2) is 9.46 Å². The first kappa shape index (κ1) is 56.5. The molecule has 3 heterocycles. The third-order valence-corrected chi connectivity index (χ3v) is 14.5. The number of amides is 3. The smallest absolute Gasteiger partial charge is 0.471 e. The fraction of sp³-hybridized carbons (Fsp3) is 0.370. The third-order valence-electron chi connectivity index (χ3n) is 12.4. The van der Waals surface area contributed by atoms with Crippen molar-refractivity contribution in [2.75, 3.05) is 47.1 Å². The van der Waals surface area contributed by atoms with E-state index in [2.05, 4.69) is 22.9 Å². The molecule has 22 heteroatoms. The van der Waals surface area contributed by atoms with Gasteiger partial charge >= 0.3 is 17.8 Å². The lowest BCUT2D eigenvalue weighted by atomic mass is 9.80. The minimum absolute atomic E-state index is 0.00253. The maximum Gasteiger partial charge on any atom is 0.471 e. The molecule has 3 amide bonds. The van der Waals surface area contributed by atoms with Crippen molar-refractivity contribution >= 4 is 26.2 Å². The van der Waals surface area contributed by atoms with Gasteiger partial charge in [0, 0.05) is 18.3 Å². The van der Waals surface area contributed by atoms with Gasteiger partial charge in [-0.3, -0.25) is 33.6 Å². The highest BCUT2D eigenvalue weighted by Gasteiger charge is 2.52. The topological polar surface area (TPSA) is 213 Å². The highest BCUT2D eigenvalue weighted by atomic mass is 31.2. The van der Waals surface area contributed by atoms with Crippen molar-refractivity contribution in [1.29, 1.82) is 5.26 Å². The van der Waals surface area contributed by atoms with E-state index in [-0.39, 0.29) is 56.0 Å². The number of H-pyrrole nitrogens is 1. The van der Waals surface area contributed by atoms with Crippen LogP contribution in [0.15, 0.2) is 119 Å². The first-order valence-corrected chi connectivity index (χ1v) is 25.2. The number of benzene rings is 4. The number of ether oxygens (including phenoxy) is 5. The summed E-state index contributed by atoms with van der Waals surface area (Å²) in [5.41, 5.74) is -1.44. The lowest BCUT2D eigenvalue weighted by Crippen LogP contribution is -2.44. The Bertz CT molecular complexity index is 2970. The minimum atomic E-state index is -5.19. The molecular weight excluding hydrogens is 1010 g/mol. The first-order chi connectivity index (χ1) is 36.4. The molecule has 18 nitrogen and oxygen atoms in total. The second-order valence-electron chi connectivity index (χ2n) is 17.8. The summed E-state index contributed by atoms with van der Waals surface area (Å²) < 4.78 is 87.3. The van der Waals surface area contributed by atoms with Gasteiger partial charge < -0.3 is 38.0 Å². The van der Waals surface area contributed by atoms with Crippen molar-refractivity contribution in [3.8, 4) is 29.4 Å². The van der Waals surface area contributed by atoms with Crippen molar-refractivity contribution in [3.05, 3.63) is 164 Å². The van der Waals surface area contributed by atoms with Crippen molar-refractivity contribution in [3.63, 3.8) is 0 Å². The van der Waals surface area contributed by atoms with Crippen molar-refractivity contribution in [1.82, 2.24) is 24.4 Å². The Hall–Kier alpha value is -7.20. The van der Waals surface area contributed by atoms with Gasteiger partial charge in [-0.2, -0.15) is 18.4 Å². The number of aromatic nitrogens is 2. The maximum absolute atomic E-state index is 14.1. The zero-order valence-electron chi connectivity index (χ0n) is 42.4. The lowest BCUT2D eigenvalue weighted by Gasteiger charge is -2.39. The average Bonchev–Trinajstić information content (AvgIpc) is 3.86. The Balaban J connectivity index is 1.38. The normalized spacial score (nSPS) is 17.9. The SMILES string of the molecule is COc1ccc(C(OC[C@H]2O[C@@H](n3cc(C#CCNC(=O)C(F)(F)F)c(=O)[nH]c3=O)[C@H](OCCN3C(=O)c4ccccc4C3=O)[C@@H]2OP(OCCC#N)N(C(C)C)C(C)C)(c2ccccc2)c2ccc(OC)cc2)cc1. The van der Waals surface area contributed by atoms with Crippen LogP contribution < -0.4 is 26.0 Å². The Kier molecular flexibility index (Phi) is 18.7. The first-order valence-electron chi connectivity index (χ1n) is 24.1. The van der Waals surface area contributed by atoms with Crippen LogP contribution in [0.4, 0.5) is 13.2 Å². The van der Waals surface area contributed by atoms with Crippen LogP contribution >= 0.6 is 8.53 Å². The van der Waals surface area contributed by atoms with Gasteiger partial charge in [-0.15, -0.1) is 0 Å². The fourth-order valence-corrected chi connectivity index (χ4v) is 10.7. The van der Waals surface area contributed by atoms with Gasteiger partial charge in [0.15, 0.2) is 6.23 Å². The second kappa shape index (κ2) is 25.1. The van der Waals surface area contributed by atoms with Gasteiger partial charge in [0.2, 0.25) is 0 Å². The van der Waals surface area contributed by atoms with Crippen LogP contribution in [0, 0.1) is 23.2 Å². The van der Waals surface area contributed by atoms with E-state index in [1.165, 1.54) is 12.1 Å². The number of alkyl halides is 3. The average molecular weight is 1070 g/mol. The number of imide groups is 1. The fourth-order valence-electron chi connectivity index (χ4n) is 8.90. The summed E-state index contributed by atoms with van der Waals surface area (Å²) in [4.78, 5) is 69.3. The molecule has 0 bridgehead atoms. The van der Waals surface area contributed by atoms with Crippen molar-refractivity contribution < 1.29 is 60.3 Å². The molecule has 1 saturated heterocycles. The quantitative estimate of drug-likeness (QED) is 0.0239. The number of carbonyl (C=O) groups is 3. The summed E-state index contributed by atoms with van der Waals surface area (Å²) in [5.74, 6) is 2.53. The molecule has 1 fully saturated rings. The molecule has 0 radical (unpaired) electrons. The molecule has 4 aromatic carbocycles. The summed E-state index contributed by atoms with van der Waals surface area (Å²) >= 11 is 0. The van der Waals surface area contributed by atoms with Crippen molar-refractivity contribution in [2.24, 2.45) is 0 Å². The van der Waals surface area contributed by atoms with E-state index >= 15 is 0 Å². The Morgan fingerprint density at radius 3 is 1.92 bits per heavy atom.